The molecule has 2 aromatic carbocycles. The molecule has 0 aliphatic carbocycles. The lowest BCUT2D eigenvalue weighted by Crippen LogP contribution is -2.15. The summed E-state index contributed by atoms with van der Waals surface area (Å²) in [5.74, 6) is -1.71. The number of aromatic nitrogens is 1. The van der Waals surface area contributed by atoms with E-state index in [1.54, 1.807) is 6.07 Å². The smallest absolute Gasteiger partial charge is 0.159 e. The molecule has 0 amide bonds. The Hall–Kier alpha value is -2.20. The van der Waals surface area contributed by atoms with E-state index in [4.69, 9.17) is 5.73 Å². The largest absolute Gasteiger partial charge is 0.358 e. The number of hydrogen-bond acceptors (Lipinski definition) is 1. The molecular formula is C18H18F2N2. The third kappa shape index (κ3) is 2.62. The molecule has 3 N–H and O–H groups in total. The Kier molecular flexibility index (Phi) is 3.94. The second kappa shape index (κ2) is 5.89. The van der Waals surface area contributed by atoms with Gasteiger partial charge in [-0.05, 0) is 49.2 Å². The topological polar surface area (TPSA) is 41.8 Å². The molecule has 3 rings (SSSR count). The van der Waals surface area contributed by atoms with Crippen molar-refractivity contribution in [2.75, 3.05) is 6.54 Å². The number of rotatable bonds is 4. The molecular weight excluding hydrogens is 282 g/mol. The molecule has 0 saturated carbocycles. The Morgan fingerprint density at radius 1 is 1.09 bits per heavy atom. The second-order valence-corrected chi connectivity index (χ2v) is 5.58. The third-order valence-electron chi connectivity index (χ3n) is 4.18. The van der Waals surface area contributed by atoms with Crippen LogP contribution in [0.15, 0.2) is 42.5 Å². The first kappa shape index (κ1) is 14.7. The fourth-order valence-corrected chi connectivity index (χ4v) is 2.95. The number of benzene rings is 2. The Morgan fingerprint density at radius 2 is 1.86 bits per heavy atom. The normalized spacial score (nSPS) is 12.7. The van der Waals surface area contributed by atoms with Gasteiger partial charge in [-0.3, -0.25) is 0 Å². The molecule has 0 spiro atoms. The maximum absolute atomic E-state index is 13.5. The molecule has 114 valence electrons. The summed E-state index contributed by atoms with van der Waals surface area (Å²) in [6.45, 7) is 2.40. The predicted octanol–water partition coefficient (Wildman–Crippen LogP) is 4.04. The lowest BCUT2D eigenvalue weighted by Gasteiger charge is -2.16. The Bertz CT molecular complexity index is 808. The van der Waals surface area contributed by atoms with Crippen molar-refractivity contribution in [3.05, 3.63) is 70.9 Å². The molecule has 22 heavy (non-hydrogen) atoms. The summed E-state index contributed by atoms with van der Waals surface area (Å²) < 4.78 is 26.6. The van der Waals surface area contributed by atoms with Crippen molar-refractivity contribution in [1.29, 1.82) is 0 Å². The zero-order valence-corrected chi connectivity index (χ0v) is 12.4. The number of para-hydroxylation sites is 1. The van der Waals surface area contributed by atoms with E-state index in [9.17, 15) is 8.78 Å². The molecule has 3 aromatic rings. The highest BCUT2D eigenvalue weighted by Gasteiger charge is 2.17. The van der Waals surface area contributed by atoms with Gasteiger partial charge in [0.2, 0.25) is 0 Å². The van der Waals surface area contributed by atoms with E-state index in [-0.39, 0.29) is 5.92 Å². The monoisotopic (exact) mass is 300 g/mol. The van der Waals surface area contributed by atoms with Crippen LogP contribution in [-0.4, -0.2) is 11.5 Å². The average molecular weight is 300 g/mol. The fraction of sp³-hybridized carbons (Fsp3) is 0.222. The quantitative estimate of drug-likeness (QED) is 0.750. The first-order valence-electron chi connectivity index (χ1n) is 7.31. The van der Waals surface area contributed by atoms with Gasteiger partial charge in [0.05, 0.1) is 0 Å². The van der Waals surface area contributed by atoms with Crippen molar-refractivity contribution < 1.29 is 8.78 Å². The van der Waals surface area contributed by atoms with Crippen LogP contribution >= 0.6 is 0 Å². The van der Waals surface area contributed by atoms with Crippen LogP contribution in [0.1, 0.15) is 22.7 Å². The summed E-state index contributed by atoms with van der Waals surface area (Å²) >= 11 is 0. The number of aryl methyl sites for hydroxylation is 1. The van der Waals surface area contributed by atoms with Crippen molar-refractivity contribution in [1.82, 2.24) is 4.98 Å². The lowest BCUT2D eigenvalue weighted by molar-refractivity contribution is 0.505. The van der Waals surface area contributed by atoms with Crippen molar-refractivity contribution in [2.45, 2.75) is 19.3 Å². The standard InChI is InChI=1S/C18H18F2N2/c1-11-15(14-4-2-3-5-18(14)22-11)8-13(10-21)12-6-7-16(19)17(20)9-12/h2-7,9,13,22H,8,10,21H2,1H3. The number of aromatic amines is 1. The Morgan fingerprint density at radius 3 is 2.59 bits per heavy atom. The molecule has 0 radical (unpaired) electrons. The van der Waals surface area contributed by atoms with Crippen molar-refractivity contribution in [3.8, 4) is 0 Å². The molecule has 0 aliphatic rings. The molecule has 1 aromatic heterocycles. The highest BCUT2D eigenvalue weighted by molar-refractivity contribution is 5.84. The van der Waals surface area contributed by atoms with Gasteiger partial charge >= 0.3 is 0 Å². The van der Waals surface area contributed by atoms with Crippen LogP contribution in [-0.2, 0) is 6.42 Å². The molecule has 4 heteroatoms. The van der Waals surface area contributed by atoms with Gasteiger partial charge in [0.1, 0.15) is 0 Å². The molecule has 0 fully saturated rings. The van der Waals surface area contributed by atoms with Crippen molar-refractivity contribution in [2.24, 2.45) is 5.73 Å². The first-order chi connectivity index (χ1) is 10.6. The van der Waals surface area contributed by atoms with Gasteiger partial charge in [0, 0.05) is 22.5 Å². The molecule has 0 saturated heterocycles. The zero-order chi connectivity index (χ0) is 15.7. The minimum Gasteiger partial charge on any atom is -0.358 e. The summed E-state index contributed by atoms with van der Waals surface area (Å²) in [5.41, 5.74) is 9.95. The van der Waals surface area contributed by atoms with Crippen LogP contribution in [0.5, 0.6) is 0 Å². The number of halogens is 2. The fourth-order valence-electron chi connectivity index (χ4n) is 2.95. The SMILES string of the molecule is Cc1[nH]c2ccccc2c1CC(CN)c1ccc(F)c(F)c1. The van der Waals surface area contributed by atoms with Crippen molar-refractivity contribution in [3.63, 3.8) is 0 Å². The number of nitrogens with two attached hydrogens (primary N) is 1. The predicted molar refractivity (Wildman–Crippen MR) is 84.9 cm³/mol. The number of fused-ring (bicyclic) bond motifs is 1. The summed E-state index contributed by atoms with van der Waals surface area (Å²) in [6, 6.07) is 12.1. The van der Waals surface area contributed by atoms with E-state index in [0.29, 0.717) is 13.0 Å². The van der Waals surface area contributed by atoms with Crippen LogP contribution in [0.2, 0.25) is 0 Å². The van der Waals surface area contributed by atoms with E-state index < -0.39 is 11.6 Å². The van der Waals surface area contributed by atoms with Crippen LogP contribution < -0.4 is 5.73 Å². The third-order valence-corrected chi connectivity index (χ3v) is 4.18. The highest BCUT2D eigenvalue weighted by atomic mass is 19.2. The summed E-state index contributed by atoms with van der Waals surface area (Å²) in [5, 5.41) is 1.15. The van der Waals surface area contributed by atoms with E-state index in [0.717, 1.165) is 28.2 Å². The molecule has 0 bridgehead atoms. The van der Waals surface area contributed by atoms with Crippen molar-refractivity contribution >= 4 is 10.9 Å². The average Bonchev–Trinajstić information content (AvgIpc) is 2.83. The minimum atomic E-state index is -0.831. The van der Waals surface area contributed by atoms with Crippen LogP contribution in [0.3, 0.4) is 0 Å². The van der Waals surface area contributed by atoms with Gasteiger partial charge in [-0.15, -0.1) is 0 Å². The summed E-state index contributed by atoms with van der Waals surface area (Å²) in [7, 11) is 0. The second-order valence-electron chi connectivity index (χ2n) is 5.58. The van der Waals surface area contributed by atoms with Gasteiger partial charge in [-0.1, -0.05) is 24.3 Å². The van der Waals surface area contributed by atoms with E-state index in [2.05, 4.69) is 11.1 Å². The van der Waals surface area contributed by atoms with Gasteiger partial charge in [-0.25, -0.2) is 8.78 Å². The van der Waals surface area contributed by atoms with Crippen LogP contribution in [0.4, 0.5) is 8.78 Å². The van der Waals surface area contributed by atoms with E-state index >= 15 is 0 Å². The summed E-state index contributed by atoms with van der Waals surface area (Å²) in [6.07, 6.45) is 0.692. The van der Waals surface area contributed by atoms with E-state index in [1.165, 1.54) is 11.6 Å². The molecule has 0 aliphatic heterocycles. The van der Waals surface area contributed by atoms with Gasteiger partial charge in [0.15, 0.2) is 11.6 Å². The zero-order valence-electron chi connectivity index (χ0n) is 12.4. The minimum absolute atomic E-state index is 0.0481. The lowest BCUT2D eigenvalue weighted by atomic mass is 9.90. The molecule has 1 heterocycles. The molecule has 2 nitrogen and oxygen atoms in total. The van der Waals surface area contributed by atoms with Crippen LogP contribution in [0.25, 0.3) is 10.9 Å². The Labute approximate surface area is 128 Å². The molecule has 1 unspecified atom stereocenters. The highest BCUT2D eigenvalue weighted by Crippen LogP contribution is 2.28. The summed E-state index contributed by atoms with van der Waals surface area (Å²) in [4.78, 5) is 3.35. The Balaban J connectivity index is 1.97. The van der Waals surface area contributed by atoms with Gasteiger partial charge in [-0.2, -0.15) is 0 Å². The maximum Gasteiger partial charge on any atom is 0.159 e. The van der Waals surface area contributed by atoms with Crippen LogP contribution in [0, 0.1) is 18.6 Å². The maximum atomic E-state index is 13.5. The van der Waals surface area contributed by atoms with Gasteiger partial charge in [0.25, 0.3) is 0 Å². The molecule has 1 atom stereocenters. The van der Waals surface area contributed by atoms with E-state index in [1.807, 2.05) is 25.1 Å². The number of nitrogens with one attached hydrogen (secondary N) is 1. The number of H-pyrrole nitrogens is 1. The number of hydrogen-bond donors (Lipinski definition) is 2. The first-order valence-corrected chi connectivity index (χ1v) is 7.31. The van der Waals surface area contributed by atoms with Gasteiger partial charge < -0.3 is 10.7 Å².